The summed E-state index contributed by atoms with van der Waals surface area (Å²) < 4.78 is 11.1. The van der Waals surface area contributed by atoms with Gasteiger partial charge >= 0.3 is 0 Å². The summed E-state index contributed by atoms with van der Waals surface area (Å²) in [6, 6.07) is -1.19. The molecule has 11 heteroatoms. The quantitative estimate of drug-likeness (QED) is 0.0215. The average Bonchev–Trinajstić information content (AvgIpc) is 3.34. The second kappa shape index (κ2) is 46.4. The summed E-state index contributed by atoms with van der Waals surface area (Å²) in [5.41, 5.74) is 0. The second-order valence-corrected chi connectivity index (χ2v) is 20.0. The number of carbonyl (C=O) groups is 1. The van der Waals surface area contributed by atoms with Crippen molar-refractivity contribution in [2.75, 3.05) is 13.2 Å². The van der Waals surface area contributed by atoms with Crippen LogP contribution in [0, 0.1) is 0 Å². The number of unbranched alkanes of at least 4 members (excludes halogenated alkanes) is 30. The molecule has 1 aliphatic rings. The van der Waals surface area contributed by atoms with Gasteiger partial charge in [-0.15, -0.1) is 0 Å². The van der Waals surface area contributed by atoms with Crippen LogP contribution in [0.4, 0.5) is 0 Å². The van der Waals surface area contributed by atoms with Gasteiger partial charge in [-0.25, -0.2) is 0 Å². The summed E-state index contributed by atoms with van der Waals surface area (Å²) in [4.78, 5) is 13.2. The molecule has 1 saturated heterocycles. The lowest BCUT2D eigenvalue weighted by atomic mass is 9.98. The lowest BCUT2D eigenvalue weighted by Gasteiger charge is -2.40. The van der Waals surface area contributed by atoms with Gasteiger partial charge in [0.05, 0.1) is 25.4 Å². The van der Waals surface area contributed by atoms with Crippen molar-refractivity contribution >= 4 is 5.91 Å². The third kappa shape index (κ3) is 34.6. The Bertz CT molecular complexity index is 1200. The summed E-state index contributed by atoms with van der Waals surface area (Å²) in [7, 11) is 0. The molecule has 1 aliphatic heterocycles. The molecular weight excluding hydrogens is 859 g/mol. The topological polar surface area (TPSA) is 189 Å². The number of aliphatic hydroxyl groups is 7. The van der Waals surface area contributed by atoms with Crippen LogP contribution in [0.2, 0.25) is 0 Å². The number of nitrogens with one attached hydrogen (secondary N) is 1. The van der Waals surface area contributed by atoms with Gasteiger partial charge in [-0.05, 0) is 64.2 Å². The van der Waals surface area contributed by atoms with Crippen LogP contribution in [-0.4, -0.2) is 110 Å². The van der Waals surface area contributed by atoms with E-state index >= 15 is 0 Å². The molecule has 0 saturated carbocycles. The van der Waals surface area contributed by atoms with E-state index in [0.29, 0.717) is 19.3 Å². The molecule has 1 fully saturated rings. The fourth-order valence-electron chi connectivity index (χ4n) is 9.00. The number of amides is 1. The van der Waals surface area contributed by atoms with Gasteiger partial charge in [-0.1, -0.05) is 224 Å². The van der Waals surface area contributed by atoms with Crippen LogP contribution in [0.1, 0.15) is 251 Å². The highest BCUT2D eigenvalue weighted by Crippen LogP contribution is 2.23. The number of hydrogen-bond donors (Lipinski definition) is 8. The van der Waals surface area contributed by atoms with Crippen molar-refractivity contribution in [3.8, 4) is 0 Å². The molecule has 0 aromatic heterocycles. The molecule has 0 aromatic carbocycles. The molecule has 0 spiro atoms. The Labute approximate surface area is 416 Å². The number of aliphatic hydroxyl groups excluding tert-OH is 7. The van der Waals surface area contributed by atoms with Gasteiger partial charge in [0, 0.05) is 0 Å². The van der Waals surface area contributed by atoms with Gasteiger partial charge in [0.2, 0.25) is 5.91 Å². The Balaban J connectivity index is 2.37. The summed E-state index contributed by atoms with van der Waals surface area (Å²) in [6.07, 6.45) is 44.8. The molecule has 8 N–H and O–H groups in total. The van der Waals surface area contributed by atoms with Crippen molar-refractivity contribution in [3.63, 3.8) is 0 Å². The third-order valence-electron chi connectivity index (χ3n) is 13.7. The first-order valence-corrected chi connectivity index (χ1v) is 28.4. The SMILES string of the molecule is CCCCCCCCCC/C=C/CC/C=C/CC/C=C/CCCC(O)C(O)C(COC1OC(CO)C(O)C(O)C1O)NC(=O)C(O)CCCCCCCCCCCCCCCCCCCCCC. The first-order chi connectivity index (χ1) is 33.2. The lowest BCUT2D eigenvalue weighted by Crippen LogP contribution is -2.60. The Kier molecular flexibility index (Phi) is 43.9. The minimum Gasteiger partial charge on any atom is -0.394 e. The molecule has 68 heavy (non-hydrogen) atoms. The van der Waals surface area contributed by atoms with E-state index < -0.39 is 74.2 Å². The number of carbonyl (C=O) groups excluding carboxylic acids is 1. The average molecular weight is 966 g/mol. The van der Waals surface area contributed by atoms with E-state index in [1.165, 1.54) is 161 Å². The summed E-state index contributed by atoms with van der Waals surface area (Å²) >= 11 is 0. The van der Waals surface area contributed by atoms with E-state index in [1.807, 2.05) is 0 Å². The Morgan fingerprint density at radius 1 is 0.500 bits per heavy atom. The molecular formula is C57H107NO10. The van der Waals surface area contributed by atoms with Crippen molar-refractivity contribution in [1.29, 1.82) is 0 Å². The van der Waals surface area contributed by atoms with Crippen molar-refractivity contribution in [2.24, 2.45) is 0 Å². The first-order valence-electron chi connectivity index (χ1n) is 28.4. The third-order valence-corrected chi connectivity index (χ3v) is 13.7. The number of hydrogen-bond acceptors (Lipinski definition) is 10. The number of rotatable bonds is 48. The van der Waals surface area contributed by atoms with Crippen LogP contribution in [0.25, 0.3) is 0 Å². The summed E-state index contributed by atoms with van der Waals surface area (Å²) in [5, 5.41) is 76.1. The molecule has 11 nitrogen and oxygen atoms in total. The molecule has 1 amide bonds. The highest BCUT2D eigenvalue weighted by atomic mass is 16.7. The largest absolute Gasteiger partial charge is 0.394 e. The van der Waals surface area contributed by atoms with E-state index in [2.05, 4.69) is 55.6 Å². The minimum absolute atomic E-state index is 0.242. The maximum Gasteiger partial charge on any atom is 0.249 e. The smallest absolute Gasteiger partial charge is 0.249 e. The molecule has 1 rings (SSSR count). The van der Waals surface area contributed by atoms with Gasteiger partial charge in [0.15, 0.2) is 6.29 Å². The zero-order valence-corrected chi connectivity index (χ0v) is 43.6. The molecule has 0 aromatic rings. The number of allylic oxidation sites excluding steroid dienone is 6. The Hall–Kier alpha value is -1.67. The van der Waals surface area contributed by atoms with Gasteiger partial charge in [0.25, 0.3) is 0 Å². The van der Waals surface area contributed by atoms with Gasteiger partial charge in [-0.3, -0.25) is 4.79 Å². The highest BCUT2D eigenvalue weighted by molar-refractivity contribution is 5.80. The van der Waals surface area contributed by atoms with Gasteiger partial charge < -0.3 is 50.5 Å². The van der Waals surface area contributed by atoms with Crippen LogP contribution < -0.4 is 5.32 Å². The minimum atomic E-state index is -1.67. The molecule has 0 aliphatic carbocycles. The van der Waals surface area contributed by atoms with E-state index in [1.54, 1.807) is 0 Å². The summed E-state index contributed by atoms with van der Waals surface area (Å²) in [5.74, 6) is -0.709. The van der Waals surface area contributed by atoms with E-state index in [4.69, 9.17) is 9.47 Å². The normalized spacial score (nSPS) is 20.8. The lowest BCUT2D eigenvalue weighted by molar-refractivity contribution is -0.303. The van der Waals surface area contributed by atoms with Crippen molar-refractivity contribution < 1.29 is 50.0 Å². The number of ether oxygens (including phenoxy) is 2. The van der Waals surface area contributed by atoms with Crippen LogP contribution in [0.3, 0.4) is 0 Å². The predicted molar refractivity (Wildman–Crippen MR) is 279 cm³/mol. The molecule has 9 atom stereocenters. The van der Waals surface area contributed by atoms with Gasteiger partial charge in [0.1, 0.15) is 36.6 Å². The predicted octanol–water partition coefficient (Wildman–Crippen LogP) is 11.5. The summed E-state index contributed by atoms with van der Waals surface area (Å²) in [6.45, 7) is 3.45. The molecule has 1 heterocycles. The second-order valence-electron chi connectivity index (χ2n) is 20.0. The van der Waals surface area contributed by atoms with E-state index in [9.17, 15) is 40.5 Å². The van der Waals surface area contributed by atoms with Crippen LogP contribution >= 0.6 is 0 Å². The Morgan fingerprint density at radius 2 is 0.882 bits per heavy atom. The van der Waals surface area contributed by atoms with Crippen LogP contribution in [0.15, 0.2) is 36.5 Å². The fraction of sp³-hybridized carbons (Fsp3) is 0.877. The van der Waals surface area contributed by atoms with Crippen molar-refractivity contribution in [1.82, 2.24) is 5.32 Å². The molecule has 400 valence electrons. The molecule has 0 bridgehead atoms. The van der Waals surface area contributed by atoms with Crippen molar-refractivity contribution in [2.45, 2.75) is 306 Å². The van der Waals surface area contributed by atoms with E-state index in [-0.39, 0.29) is 12.8 Å². The zero-order valence-electron chi connectivity index (χ0n) is 43.6. The molecule has 9 unspecified atom stereocenters. The zero-order chi connectivity index (χ0) is 49.7. The highest BCUT2D eigenvalue weighted by Gasteiger charge is 2.44. The van der Waals surface area contributed by atoms with Crippen LogP contribution in [0.5, 0.6) is 0 Å². The van der Waals surface area contributed by atoms with Gasteiger partial charge in [-0.2, -0.15) is 0 Å². The first kappa shape index (κ1) is 64.3. The Morgan fingerprint density at radius 3 is 1.31 bits per heavy atom. The standard InChI is InChI=1S/C57H107NO10/c1-3-5-7-9-11-13-15-17-19-21-23-25-27-28-30-32-34-36-38-40-42-44-49(60)52(62)48(47-67-57-55(65)54(64)53(63)51(46-59)68-57)58-56(66)50(61)45-43-41-39-37-35-33-31-29-26-24-22-20-18-16-14-12-10-8-6-4-2/h21,23,28,30,36,38,48-55,57,59-65H,3-20,22,24-27,29,31-35,37,39-47H2,1-2H3,(H,58,66)/b23-21+,30-28+,38-36+. The maximum atomic E-state index is 13.2. The molecule has 0 radical (unpaired) electrons. The fourth-order valence-corrected chi connectivity index (χ4v) is 9.00. The van der Waals surface area contributed by atoms with E-state index in [0.717, 1.165) is 44.9 Å². The maximum absolute atomic E-state index is 13.2. The van der Waals surface area contributed by atoms with Crippen molar-refractivity contribution in [3.05, 3.63) is 36.5 Å². The monoisotopic (exact) mass is 966 g/mol. The van der Waals surface area contributed by atoms with Crippen LogP contribution in [-0.2, 0) is 14.3 Å².